The molecule has 0 aliphatic rings. The van der Waals surface area contributed by atoms with E-state index >= 15 is 0 Å². The number of aryl methyl sites for hydroxylation is 3. The quantitative estimate of drug-likeness (QED) is 0.745. The van der Waals surface area contributed by atoms with Crippen LogP contribution in [0.4, 0.5) is 5.69 Å². The minimum atomic E-state index is -3.59. The van der Waals surface area contributed by atoms with E-state index in [0.717, 1.165) is 27.4 Å². The van der Waals surface area contributed by atoms with E-state index in [4.69, 9.17) is 0 Å². The molecule has 0 saturated carbocycles. The van der Waals surface area contributed by atoms with E-state index in [9.17, 15) is 8.42 Å². The van der Waals surface area contributed by atoms with Gasteiger partial charge in [0.25, 0.3) is 10.0 Å². The van der Waals surface area contributed by atoms with E-state index in [1.807, 2.05) is 44.4 Å². The predicted octanol–water partition coefficient (Wildman–Crippen LogP) is 4.54. The van der Waals surface area contributed by atoms with Gasteiger partial charge in [-0.2, -0.15) is 0 Å². The third-order valence-corrected chi connectivity index (χ3v) is 5.99. The van der Waals surface area contributed by atoms with Crippen LogP contribution in [0, 0.1) is 20.8 Å². The molecule has 0 aliphatic heterocycles. The lowest BCUT2D eigenvalue weighted by Gasteiger charge is -2.10. The Hall–Kier alpha value is -2.18. The highest BCUT2D eigenvalue weighted by molar-refractivity contribution is 7.92. The zero-order chi connectivity index (χ0) is 17.3. The Bertz CT molecular complexity index is 975. The summed E-state index contributed by atoms with van der Waals surface area (Å²) in [5.74, 6) is 0. The minimum absolute atomic E-state index is 0.268. The van der Waals surface area contributed by atoms with Crippen molar-refractivity contribution in [1.82, 2.24) is 4.98 Å². The highest BCUT2D eigenvalue weighted by Crippen LogP contribution is 2.24. The smallest absolute Gasteiger partial charge is 0.261 e. The largest absolute Gasteiger partial charge is 0.280 e. The number of sulfonamides is 1. The number of nitrogens with one attached hydrogen (secondary N) is 1. The lowest BCUT2D eigenvalue weighted by Crippen LogP contribution is -2.13. The van der Waals surface area contributed by atoms with Gasteiger partial charge >= 0.3 is 0 Å². The molecular weight excluding hydrogens is 340 g/mol. The summed E-state index contributed by atoms with van der Waals surface area (Å²) in [4.78, 5) is 4.70. The second kappa shape index (κ2) is 6.37. The molecule has 6 heteroatoms. The van der Waals surface area contributed by atoms with E-state index < -0.39 is 10.0 Å². The third kappa shape index (κ3) is 3.49. The Morgan fingerprint density at radius 2 is 1.67 bits per heavy atom. The van der Waals surface area contributed by atoms with Crippen LogP contribution in [0.1, 0.15) is 16.1 Å². The van der Waals surface area contributed by atoms with E-state index in [0.29, 0.717) is 5.69 Å². The molecule has 1 N–H and O–H groups in total. The van der Waals surface area contributed by atoms with E-state index in [1.165, 1.54) is 0 Å². The zero-order valence-corrected chi connectivity index (χ0v) is 15.3. The van der Waals surface area contributed by atoms with Crippen LogP contribution in [0.2, 0.25) is 0 Å². The standard InChI is InChI=1S/C18H18N2O2S2/c1-12-4-9-17(10-13(12)2)24(21,22)20-16-7-5-15(6-8-16)18-11-23-14(3)19-18/h4-11,20H,1-3H3. The van der Waals surface area contributed by atoms with Crippen LogP contribution in [0.25, 0.3) is 11.3 Å². The van der Waals surface area contributed by atoms with Crippen molar-refractivity contribution in [2.24, 2.45) is 0 Å². The zero-order valence-electron chi connectivity index (χ0n) is 13.7. The molecule has 0 radical (unpaired) electrons. The van der Waals surface area contributed by atoms with Crippen molar-refractivity contribution in [3.05, 3.63) is 64.0 Å². The molecule has 2 aromatic carbocycles. The van der Waals surface area contributed by atoms with Gasteiger partial charge in [-0.15, -0.1) is 11.3 Å². The Kier molecular flexibility index (Phi) is 4.43. The average molecular weight is 358 g/mol. The van der Waals surface area contributed by atoms with Gasteiger partial charge < -0.3 is 0 Å². The summed E-state index contributed by atoms with van der Waals surface area (Å²) in [6.07, 6.45) is 0. The number of anilines is 1. The van der Waals surface area contributed by atoms with Crippen LogP contribution >= 0.6 is 11.3 Å². The molecule has 0 amide bonds. The first-order valence-corrected chi connectivity index (χ1v) is 9.84. The number of rotatable bonds is 4. The molecule has 0 aliphatic carbocycles. The lowest BCUT2D eigenvalue weighted by molar-refractivity contribution is 0.601. The van der Waals surface area contributed by atoms with Crippen molar-refractivity contribution in [1.29, 1.82) is 0 Å². The summed E-state index contributed by atoms with van der Waals surface area (Å²) in [5, 5.41) is 2.99. The number of nitrogens with zero attached hydrogens (tertiary/aromatic N) is 1. The van der Waals surface area contributed by atoms with Crippen LogP contribution < -0.4 is 4.72 Å². The molecule has 1 aromatic heterocycles. The first-order valence-electron chi connectivity index (χ1n) is 7.48. The molecular formula is C18H18N2O2S2. The number of hydrogen-bond donors (Lipinski definition) is 1. The van der Waals surface area contributed by atoms with Gasteiger partial charge in [0.2, 0.25) is 0 Å². The van der Waals surface area contributed by atoms with E-state index in [-0.39, 0.29) is 4.90 Å². The average Bonchev–Trinajstić information content (AvgIpc) is 2.97. The highest BCUT2D eigenvalue weighted by atomic mass is 32.2. The van der Waals surface area contributed by atoms with Crippen molar-refractivity contribution < 1.29 is 8.42 Å². The molecule has 3 rings (SSSR count). The van der Waals surface area contributed by atoms with Gasteiger partial charge in [-0.1, -0.05) is 18.2 Å². The van der Waals surface area contributed by atoms with Gasteiger partial charge in [0.05, 0.1) is 15.6 Å². The number of hydrogen-bond acceptors (Lipinski definition) is 4. The summed E-state index contributed by atoms with van der Waals surface area (Å²) in [5.41, 5.74) is 4.42. The van der Waals surface area contributed by atoms with Crippen LogP contribution in [0.3, 0.4) is 0 Å². The van der Waals surface area contributed by atoms with Crippen LogP contribution in [0.15, 0.2) is 52.7 Å². The number of benzene rings is 2. The molecule has 0 fully saturated rings. The molecule has 0 spiro atoms. The summed E-state index contributed by atoms with van der Waals surface area (Å²) in [6, 6.07) is 12.4. The molecule has 124 valence electrons. The summed E-state index contributed by atoms with van der Waals surface area (Å²) in [6.45, 7) is 5.82. The predicted molar refractivity (Wildman–Crippen MR) is 99.0 cm³/mol. The Morgan fingerprint density at radius 3 is 2.25 bits per heavy atom. The fourth-order valence-corrected chi connectivity index (χ4v) is 4.07. The van der Waals surface area contributed by atoms with Gasteiger partial charge in [0, 0.05) is 16.6 Å². The van der Waals surface area contributed by atoms with Crippen molar-refractivity contribution >= 4 is 27.0 Å². The monoisotopic (exact) mass is 358 g/mol. The summed E-state index contributed by atoms with van der Waals surface area (Å²) in [7, 11) is -3.59. The fraction of sp³-hybridized carbons (Fsp3) is 0.167. The maximum atomic E-state index is 12.5. The Morgan fingerprint density at radius 1 is 0.958 bits per heavy atom. The van der Waals surface area contributed by atoms with E-state index in [1.54, 1.807) is 35.6 Å². The highest BCUT2D eigenvalue weighted by Gasteiger charge is 2.15. The van der Waals surface area contributed by atoms with Crippen molar-refractivity contribution in [3.8, 4) is 11.3 Å². The van der Waals surface area contributed by atoms with Crippen LogP contribution in [-0.2, 0) is 10.0 Å². The van der Waals surface area contributed by atoms with E-state index in [2.05, 4.69) is 9.71 Å². The molecule has 3 aromatic rings. The SMILES string of the molecule is Cc1nc(-c2ccc(NS(=O)(=O)c3ccc(C)c(C)c3)cc2)cs1. The Labute approximate surface area is 146 Å². The first-order chi connectivity index (χ1) is 11.3. The minimum Gasteiger partial charge on any atom is -0.280 e. The maximum Gasteiger partial charge on any atom is 0.261 e. The van der Waals surface area contributed by atoms with Crippen LogP contribution in [0.5, 0.6) is 0 Å². The van der Waals surface area contributed by atoms with Gasteiger partial charge in [-0.05, 0) is 56.2 Å². The molecule has 0 saturated heterocycles. The topological polar surface area (TPSA) is 59.1 Å². The number of thiazole rings is 1. The lowest BCUT2D eigenvalue weighted by atomic mass is 10.1. The number of aromatic nitrogens is 1. The van der Waals surface area contributed by atoms with Gasteiger partial charge in [-0.25, -0.2) is 13.4 Å². The summed E-state index contributed by atoms with van der Waals surface area (Å²) < 4.78 is 27.6. The molecule has 0 unspecified atom stereocenters. The molecule has 4 nitrogen and oxygen atoms in total. The fourth-order valence-electron chi connectivity index (χ4n) is 2.30. The molecule has 1 heterocycles. The second-order valence-corrected chi connectivity index (χ2v) is 8.43. The van der Waals surface area contributed by atoms with Gasteiger partial charge in [0.1, 0.15) is 0 Å². The second-order valence-electron chi connectivity index (χ2n) is 5.68. The molecule has 24 heavy (non-hydrogen) atoms. The van der Waals surface area contributed by atoms with Crippen molar-refractivity contribution in [2.75, 3.05) is 4.72 Å². The van der Waals surface area contributed by atoms with Crippen molar-refractivity contribution in [2.45, 2.75) is 25.7 Å². The van der Waals surface area contributed by atoms with Crippen molar-refractivity contribution in [3.63, 3.8) is 0 Å². The van der Waals surface area contributed by atoms with Gasteiger partial charge in [-0.3, -0.25) is 4.72 Å². The maximum absolute atomic E-state index is 12.5. The van der Waals surface area contributed by atoms with Gasteiger partial charge in [0.15, 0.2) is 0 Å². The van der Waals surface area contributed by atoms with Crippen LogP contribution in [-0.4, -0.2) is 13.4 Å². The molecule has 0 bridgehead atoms. The Balaban J connectivity index is 1.83. The summed E-state index contributed by atoms with van der Waals surface area (Å²) >= 11 is 1.59. The molecule has 0 atom stereocenters. The third-order valence-electron chi connectivity index (χ3n) is 3.84. The first kappa shape index (κ1) is 16.7. The normalized spacial score (nSPS) is 11.5.